The van der Waals surface area contributed by atoms with Crippen molar-refractivity contribution in [3.05, 3.63) is 83.4 Å². The van der Waals surface area contributed by atoms with E-state index in [1.807, 2.05) is 18.2 Å². The number of hydrogen-bond acceptors (Lipinski definition) is 5. The predicted octanol–water partition coefficient (Wildman–Crippen LogP) is 7.29. The van der Waals surface area contributed by atoms with Crippen molar-refractivity contribution in [2.24, 2.45) is 5.92 Å². The van der Waals surface area contributed by atoms with Crippen molar-refractivity contribution in [2.45, 2.75) is 44.2 Å². The van der Waals surface area contributed by atoms with E-state index in [0.717, 1.165) is 58.3 Å². The zero-order valence-electron chi connectivity index (χ0n) is 21.5. The third-order valence-electron chi connectivity index (χ3n) is 7.43. The van der Waals surface area contributed by atoms with Crippen molar-refractivity contribution in [2.75, 3.05) is 26.0 Å². The first kappa shape index (κ1) is 24.8. The lowest BCUT2D eigenvalue weighted by Gasteiger charge is -2.31. The van der Waals surface area contributed by atoms with Gasteiger partial charge in [-0.15, -0.1) is 11.8 Å². The molecule has 1 fully saturated rings. The van der Waals surface area contributed by atoms with Crippen LogP contribution in [0.5, 0.6) is 17.2 Å². The van der Waals surface area contributed by atoms with Crippen molar-refractivity contribution in [3.8, 4) is 17.2 Å². The highest BCUT2D eigenvalue weighted by Crippen LogP contribution is 2.47. The normalized spacial score (nSPS) is 20.7. The molecule has 4 nitrogen and oxygen atoms in total. The number of aromatic hydroxyl groups is 1. The second-order valence-electron chi connectivity index (χ2n) is 10.1. The minimum Gasteiger partial charge on any atom is -0.508 e. The Morgan fingerprint density at radius 1 is 1.08 bits per heavy atom. The van der Waals surface area contributed by atoms with Crippen molar-refractivity contribution in [1.82, 2.24) is 4.90 Å². The summed E-state index contributed by atoms with van der Waals surface area (Å²) in [5, 5.41) is 10.1. The molecule has 1 saturated heterocycles. The number of nitrogens with zero attached hydrogens (tertiary/aromatic N) is 1. The van der Waals surface area contributed by atoms with Gasteiger partial charge >= 0.3 is 0 Å². The molecule has 3 aromatic carbocycles. The maximum absolute atomic E-state index is 10.1. The van der Waals surface area contributed by atoms with Crippen LogP contribution < -0.4 is 9.47 Å². The third kappa shape index (κ3) is 5.14. The molecule has 3 aromatic rings. The molecule has 3 atom stereocenters. The lowest BCUT2D eigenvalue weighted by atomic mass is 9.86. The minimum atomic E-state index is -0.249. The predicted molar refractivity (Wildman–Crippen MR) is 149 cm³/mol. The second kappa shape index (κ2) is 10.6. The maximum atomic E-state index is 10.1. The zero-order valence-corrected chi connectivity index (χ0v) is 22.3. The molecule has 0 aromatic heterocycles. The van der Waals surface area contributed by atoms with Crippen molar-refractivity contribution in [1.29, 1.82) is 0 Å². The summed E-state index contributed by atoms with van der Waals surface area (Å²) in [6, 6.07) is 22.7. The Morgan fingerprint density at radius 3 is 2.50 bits per heavy atom. The molecule has 188 valence electrons. The van der Waals surface area contributed by atoms with E-state index in [1.165, 1.54) is 11.3 Å². The Morgan fingerprint density at radius 2 is 1.83 bits per heavy atom. The summed E-state index contributed by atoms with van der Waals surface area (Å²) in [6.45, 7) is 9.70. The van der Waals surface area contributed by atoms with E-state index >= 15 is 0 Å². The molecule has 5 rings (SSSR count). The highest BCUT2D eigenvalue weighted by atomic mass is 32.2. The first-order valence-electron chi connectivity index (χ1n) is 12.7. The Balaban J connectivity index is 1.40. The van der Waals surface area contributed by atoms with Gasteiger partial charge in [0.25, 0.3) is 0 Å². The van der Waals surface area contributed by atoms with Gasteiger partial charge in [-0.25, -0.2) is 0 Å². The average molecular weight is 502 g/mol. The Kier molecular flexibility index (Phi) is 7.31. The summed E-state index contributed by atoms with van der Waals surface area (Å²) in [5.41, 5.74) is 5.36. The number of fused-ring (bicyclic) bond motifs is 1. The van der Waals surface area contributed by atoms with Gasteiger partial charge in [0.2, 0.25) is 0 Å². The fourth-order valence-corrected chi connectivity index (χ4v) is 5.65. The molecule has 0 bridgehead atoms. The highest BCUT2D eigenvalue weighted by Gasteiger charge is 2.30. The fourth-order valence-electron chi connectivity index (χ4n) is 5.25. The smallest absolute Gasteiger partial charge is 0.150 e. The van der Waals surface area contributed by atoms with Gasteiger partial charge in [-0.05, 0) is 98.2 Å². The summed E-state index contributed by atoms with van der Waals surface area (Å²) in [4.78, 5) is 3.74. The van der Waals surface area contributed by atoms with E-state index in [1.54, 1.807) is 23.9 Å². The summed E-state index contributed by atoms with van der Waals surface area (Å²) in [6.07, 6.45) is 3.11. The molecule has 0 aliphatic carbocycles. The third-order valence-corrected chi connectivity index (χ3v) is 8.18. The molecule has 2 aliphatic heterocycles. The molecule has 0 spiro atoms. The Bertz CT molecular complexity index is 1240. The molecule has 1 N–H and O–H groups in total. The fraction of sp³-hybridized carbons (Fsp3) is 0.355. The van der Waals surface area contributed by atoms with E-state index in [0.29, 0.717) is 12.6 Å². The van der Waals surface area contributed by atoms with Crippen LogP contribution in [-0.2, 0) is 0 Å². The van der Waals surface area contributed by atoms with Gasteiger partial charge in [-0.1, -0.05) is 31.2 Å². The van der Waals surface area contributed by atoms with Crippen LogP contribution in [-0.4, -0.2) is 42.0 Å². The molecule has 3 unspecified atom stereocenters. The highest BCUT2D eigenvalue weighted by molar-refractivity contribution is 7.98. The summed E-state index contributed by atoms with van der Waals surface area (Å²) < 4.78 is 12.7. The van der Waals surface area contributed by atoms with Gasteiger partial charge in [-0.3, -0.25) is 4.90 Å². The maximum Gasteiger partial charge on any atom is 0.150 e. The van der Waals surface area contributed by atoms with Crippen LogP contribution >= 0.6 is 11.8 Å². The first-order valence-corrected chi connectivity index (χ1v) is 14.0. The van der Waals surface area contributed by atoms with Crippen LogP contribution in [0.3, 0.4) is 0 Å². The number of benzene rings is 3. The topological polar surface area (TPSA) is 41.9 Å². The van der Waals surface area contributed by atoms with E-state index in [-0.39, 0.29) is 11.9 Å². The Labute approximate surface area is 218 Å². The SMILES string of the molecule is CSc1ccc(C2=C(C)c3cc(O)ccc3OC2c2ccc(OCC(C)N3CCC(C)C3)cc2)cc1. The number of thioether (sulfide) groups is 1. The summed E-state index contributed by atoms with van der Waals surface area (Å²) in [5.74, 6) is 2.68. The number of ether oxygens (including phenoxy) is 2. The molecule has 2 heterocycles. The van der Waals surface area contributed by atoms with Crippen molar-refractivity contribution >= 4 is 22.9 Å². The van der Waals surface area contributed by atoms with E-state index in [4.69, 9.17) is 9.47 Å². The number of hydrogen-bond donors (Lipinski definition) is 1. The number of phenols is 1. The van der Waals surface area contributed by atoms with E-state index in [9.17, 15) is 5.11 Å². The number of allylic oxidation sites excluding steroid dienone is 1. The van der Waals surface area contributed by atoms with Gasteiger partial charge in [-0.2, -0.15) is 0 Å². The molecule has 5 heteroatoms. The lowest BCUT2D eigenvalue weighted by Crippen LogP contribution is -2.35. The molecule has 0 saturated carbocycles. The molecular formula is C31H35NO3S. The lowest BCUT2D eigenvalue weighted by molar-refractivity contribution is 0.169. The quantitative estimate of drug-likeness (QED) is 0.344. The summed E-state index contributed by atoms with van der Waals surface area (Å²) in [7, 11) is 0. The minimum absolute atomic E-state index is 0.242. The number of likely N-dealkylation sites (tertiary alicyclic amines) is 1. The standard InChI is InChI=1S/C31H35NO3S/c1-20-15-16-32(18-20)21(2)19-34-26-10-5-24(6-11-26)31-30(23-7-12-27(36-4)13-8-23)22(3)28-17-25(33)9-14-29(28)35-31/h5-14,17,20-21,31,33H,15-16,18-19H2,1-4H3. The molecule has 36 heavy (non-hydrogen) atoms. The van der Waals surface area contributed by atoms with Crippen LogP contribution in [0.2, 0.25) is 0 Å². The molecule has 0 amide bonds. The van der Waals surface area contributed by atoms with Gasteiger partial charge in [0.05, 0.1) is 0 Å². The van der Waals surface area contributed by atoms with Gasteiger partial charge < -0.3 is 14.6 Å². The first-order chi connectivity index (χ1) is 17.4. The second-order valence-corrected chi connectivity index (χ2v) is 10.9. The van der Waals surface area contributed by atoms with Crippen LogP contribution in [0.1, 0.15) is 50.0 Å². The number of phenolic OH excluding ortho intramolecular Hbond substituents is 1. The molecular weight excluding hydrogens is 466 g/mol. The van der Waals surface area contributed by atoms with Crippen LogP contribution in [0.4, 0.5) is 0 Å². The Hall–Kier alpha value is -2.89. The van der Waals surface area contributed by atoms with E-state index < -0.39 is 0 Å². The van der Waals surface area contributed by atoms with Gasteiger partial charge in [0.1, 0.15) is 30.0 Å². The van der Waals surface area contributed by atoms with Crippen molar-refractivity contribution in [3.63, 3.8) is 0 Å². The van der Waals surface area contributed by atoms with Crippen LogP contribution in [0.15, 0.2) is 71.6 Å². The van der Waals surface area contributed by atoms with Crippen molar-refractivity contribution < 1.29 is 14.6 Å². The monoisotopic (exact) mass is 501 g/mol. The average Bonchev–Trinajstić information content (AvgIpc) is 3.34. The van der Waals surface area contributed by atoms with Gasteiger partial charge in [0, 0.05) is 28.6 Å². The number of rotatable bonds is 7. The van der Waals surface area contributed by atoms with E-state index in [2.05, 4.69) is 68.3 Å². The van der Waals surface area contributed by atoms with Crippen LogP contribution in [0.25, 0.3) is 11.1 Å². The molecule has 0 radical (unpaired) electrons. The zero-order chi connectivity index (χ0) is 25.2. The summed E-state index contributed by atoms with van der Waals surface area (Å²) >= 11 is 1.73. The van der Waals surface area contributed by atoms with Crippen LogP contribution in [0, 0.1) is 5.92 Å². The molecule has 2 aliphatic rings. The largest absolute Gasteiger partial charge is 0.508 e. The van der Waals surface area contributed by atoms with Gasteiger partial charge in [0.15, 0.2) is 0 Å².